The molecule has 1 heterocycles. The van der Waals surface area contributed by atoms with Gasteiger partial charge in [-0.05, 0) is 63.7 Å². The second-order valence-electron chi connectivity index (χ2n) is 16.2. The van der Waals surface area contributed by atoms with E-state index in [2.05, 4.69) is 10.6 Å². The number of hydrogen-bond donors (Lipinski definition) is 3. The molecule has 1 aliphatic heterocycles. The SMILES string of the molecule is CCC(C)[C@@H]([C@@H](CC(=O)N1C[C@@H](N)C[C@@]1(C)[C@H](OC)[C@@H](C)C(=O)NCCc1c(F)cccc1F)OC)N(C)C(=O)[C@@H](NC(=O)[C@H](C(C)C)N(C)C)C(C)C. The van der Waals surface area contributed by atoms with Crippen LogP contribution in [0.5, 0.6) is 0 Å². The second-order valence-corrected chi connectivity index (χ2v) is 16.2. The number of ether oxygens (including phenoxy) is 2. The molecule has 9 atom stereocenters. The molecule has 14 heteroatoms. The zero-order valence-electron chi connectivity index (χ0n) is 34.9. The molecule has 1 unspecified atom stereocenters. The number of amides is 4. The topological polar surface area (TPSA) is 147 Å². The Morgan fingerprint density at radius 3 is 2.06 bits per heavy atom. The number of carbonyl (C=O) groups excluding carboxylic acids is 4. The fourth-order valence-electron chi connectivity index (χ4n) is 8.30. The smallest absolute Gasteiger partial charge is 0.245 e. The van der Waals surface area contributed by atoms with Crippen molar-refractivity contribution in [3.63, 3.8) is 0 Å². The maximum absolute atomic E-state index is 14.4. The third-order valence-electron chi connectivity index (χ3n) is 11.2. The van der Waals surface area contributed by atoms with Crippen molar-refractivity contribution < 1.29 is 37.4 Å². The van der Waals surface area contributed by atoms with E-state index in [1.54, 1.807) is 23.8 Å². The largest absolute Gasteiger partial charge is 0.379 e. The second kappa shape index (κ2) is 20.6. The number of rotatable bonds is 20. The highest BCUT2D eigenvalue weighted by molar-refractivity contribution is 5.90. The summed E-state index contributed by atoms with van der Waals surface area (Å²) in [5.74, 6) is -3.55. The monoisotopic (exact) mass is 767 g/mol. The summed E-state index contributed by atoms with van der Waals surface area (Å²) in [6.45, 7) is 15.5. The van der Waals surface area contributed by atoms with Gasteiger partial charge in [-0.2, -0.15) is 0 Å². The quantitative estimate of drug-likeness (QED) is 0.183. The molecule has 1 fully saturated rings. The Bertz CT molecular complexity index is 1390. The predicted octanol–water partition coefficient (Wildman–Crippen LogP) is 3.60. The summed E-state index contributed by atoms with van der Waals surface area (Å²) in [5, 5.41) is 5.78. The minimum atomic E-state index is -0.988. The number of nitrogens with zero attached hydrogens (tertiary/aromatic N) is 3. The Morgan fingerprint density at radius 1 is 0.981 bits per heavy atom. The Kier molecular flexibility index (Phi) is 17.9. The molecule has 0 radical (unpaired) electrons. The van der Waals surface area contributed by atoms with E-state index in [4.69, 9.17) is 15.2 Å². The maximum atomic E-state index is 14.4. The lowest BCUT2D eigenvalue weighted by molar-refractivity contribution is -0.152. The van der Waals surface area contributed by atoms with E-state index in [1.807, 2.05) is 67.5 Å². The number of hydrogen-bond acceptors (Lipinski definition) is 8. The molecule has 12 nitrogen and oxygen atoms in total. The Morgan fingerprint density at radius 2 is 1.57 bits per heavy atom. The minimum Gasteiger partial charge on any atom is -0.379 e. The first-order valence-corrected chi connectivity index (χ1v) is 19.2. The van der Waals surface area contributed by atoms with Crippen LogP contribution in [0.3, 0.4) is 0 Å². The van der Waals surface area contributed by atoms with Crippen LogP contribution in [0.1, 0.15) is 80.2 Å². The molecule has 0 saturated carbocycles. The van der Waals surface area contributed by atoms with Gasteiger partial charge in [0.15, 0.2) is 0 Å². The number of halogens is 2. The van der Waals surface area contributed by atoms with Crippen molar-refractivity contribution in [3.05, 3.63) is 35.4 Å². The van der Waals surface area contributed by atoms with Gasteiger partial charge in [0.2, 0.25) is 23.6 Å². The van der Waals surface area contributed by atoms with Crippen molar-refractivity contribution >= 4 is 23.6 Å². The van der Waals surface area contributed by atoms with Gasteiger partial charge in [-0.3, -0.25) is 24.1 Å². The number of benzene rings is 1. The molecule has 0 spiro atoms. The molecule has 4 amide bonds. The van der Waals surface area contributed by atoms with E-state index in [0.29, 0.717) is 12.8 Å². The first-order chi connectivity index (χ1) is 25.2. The van der Waals surface area contributed by atoms with E-state index in [1.165, 1.54) is 32.4 Å². The highest BCUT2D eigenvalue weighted by atomic mass is 19.1. The van der Waals surface area contributed by atoms with Gasteiger partial charge < -0.3 is 35.6 Å². The van der Waals surface area contributed by atoms with E-state index >= 15 is 0 Å². The summed E-state index contributed by atoms with van der Waals surface area (Å²) in [4.78, 5) is 60.6. The molecule has 308 valence electrons. The number of nitrogens with two attached hydrogens (primary N) is 1. The molecule has 1 aliphatic rings. The fraction of sp³-hybridized carbons (Fsp3) is 0.750. The fourth-order valence-corrected chi connectivity index (χ4v) is 8.30. The van der Waals surface area contributed by atoms with Crippen LogP contribution in [0.2, 0.25) is 0 Å². The zero-order chi connectivity index (χ0) is 41.2. The van der Waals surface area contributed by atoms with Crippen molar-refractivity contribution in [3.8, 4) is 0 Å². The van der Waals surface area contributed by atoms with Crippen molar-refractivity contribution in [1.29, 1.82) is 0 Å². The number of likely N-dealkylation sites (tertiary alicyclic amines) is 1. The molecule has 2 rings (SSSR count). The zero-order valence-corrected chi connectivity index (χ0v) is 34.9. The van der Waals surface area contributed by atoms with Crippen LogP contribution in [0.25, 0.3) is 0 Å². The first-order valence-electron chi connectivity index (χ1n) is 19.2. The van der Waals surface area contributed by atoms with E-state index < -0.39 is 65.4 Å². The highest BCUT2D eigenvalue weighted by Gasteiger charge is 2.52. The van der Waals surface area contributed by atoms with Crippen molar-refractivity contribution in [2.24, 2.45) is 29.4 Å². The summed E-state index contributed by atoms with van der Waals surface area (Å²) in [7, 11) is 8.36. The summed E-state index contributed by atoms with van der Waals surface area (Å²) < 4.78 is 40.3. The summed E-state index contributed by atoms with van der Waals surface area (Å²) in [6.07, 6.45) is -0.544. The molecule has 0 aliphatic carbocycles. The average Bonchev–Trinajstić information content (AvgIpc) is 3.40. The van der Waals surface area contributed by atoms with Gasteiger partial charge in [0.05, 0.1) is 42.2 Å². The Hall–Kier alpha value is -3.20. The molecule has 0 bridgehead atoms. The summed E-state index contributed by atoms with van der Waals surface area (Å²) in [5.41, 5.74) is 5.38. The van der Waals surface area contributed by atoms with Crippen LogP contribution >= 0.6 is 0 Å². The van der Waals surface area contributed by atoms with E-state index in [9.17, 15) is 28.0 Å². The van der Waals surface area contributed by atoms with Gasteiger partial charge in [-0.25, -0.2) is 8.78 Å². The lowest BCUT2D eigenvalue weighted by atomic mass is 9.82. The number of carbonyl (C=O) groups is 4. The first kappa shape index (κ1) is 47.0. The van der Waals surface area contributed by atoms with Gasteiger partial charge in [-0.1, -0.05) is 61.0 Å². The lowest BCUT2D eigenvalue weighted by Gasteiger charge is -2.44. The van der Waals surface area contributed by atoms with Gasteiger partial charge >= 0.3 is 0 Å². The minimum absolute atomic E-state index is 0.00436. The van der Waals surface area contributed by atoms with Crippen LogP contribution in [-0.2, 0) is 35.1 Å². The van der Waals surface area contributed by atoms with Crippen molar-refractivity contribution in [2.45, 2.75) is 123 Å². The molecular weight excluding hydrogens is 698 g/mol. The van der Waals surface area contributed by atoms with Crippen molar-refractivity contribution in [2.75, 3.05) is 48.5 Å². The van der Waals surface area contributed by atoms with Crippen LogP contribution in [0.15, 0.2) is 18.2 Å². The van der Waals surface area contributed by atoms with Gasteiger partial charge in [0.1, 0.15) is 17.7 Å². The third-order valence-corrected chi connectivity index (χ3v) is 11.2. The van der Waals surface area contributed by atoms with Crippen LogP contribution in [-0.4, -0.2) is 129 Å². The third kappa shape index (κ3) is 11.2. The maximum Gasteiger partial charge on any atom is 0.245 e. The van der Waals surface area contributed by atoms with Gasteiger partial charge in [0, 0.05) is 46.0 Å². The highest BCUT2D eigenvalue weighted by Crippen LogP contribution is 2.38. The number of nitrogens with one attached hydrogen (secondary N) is 2. The lowest BCUT2D eigenvalue weighted by Crippen LogP contribution is -2.60. The number of methoxy groups -OCH3 is 2. The van der Waals surface area contributed by atoms with E-state index in [-0.39, 0.29) is 67.0 Å². The van der Waals surface area contributed by atoms with Crippen LogP contribution in [0, 0.1) is 35.3 Å². The molecule has 1 aromatic rings. The van der Waals surface area contributed by atoms with Gasteiger partial charge in [0.25, 0.3) is 0 Å². The Balaban J connectivity index is 2.32. The van der Waals surface area contributed by atoms with Gasteiger partial charge in [-0.15, -0.1) is 0 Å². The van der Waals surface area contributed by atoms with Crippen LogP contribution in [0.4, 0.5) is 8.78 Å². The van der Waals surface area contributed by atoms with Crippen molar-refractivity contribution in [1.82, 2.24) is 25.3 Å². The summed E-state index contributed by atoms with van der Waals surface area (Å²) in [6, 6.07) is 1.50. The molecule has 0 aromatic heterocycles. The average molecular weight is 767 g/mol. The van der Waals surface area contributed by atoms with Crippen LogP contribution < -0.4 is 16.4 Å². The molecule has 1 aromatic carbocycles. The standard InChI is InChI=1S/C40H68F2N6O6/c1-14-25(6)35(47(11)39(52)33(23(2)3)45-38(51)34(24(4)5)46(9)10)31(53-12)20-32(49)48-22-27(43)21-40(48,8)36(54-13)26(7)37(50)44-19-18-28-29(41)16-15-17-30(28)42/h15-17,23-27,31,33-36H,14,18-22,43H2,1-13H3,(H,44,50)(H,45,51)/t25?,26-,27+,31-,33+,34+,35+,36-,40+/m1/s1. The predicted molar refractivity (Wildman–Crippen MR) is 206 cm³/mol. The molecule has 1 saturated heterocycles. The molecule has 4 N–H and O–H groups in total. The molecule has 54 heavy (non-hydrogen) atoms. The summed E-state index contributed by atoms with van der Waals surface area (Å²) >= 11 is 0. The van der Waals surface area contributed by atoms with E-state index in [0.717, 1.165) is 0 Å². The molecular formula is C40H68F2N6O6. The number of likely N-dealkylation sites (N-methyl/N-ethyl adjacent to an activating group) is 2. The normalized spacial score (nSPS) is 21.4. The Labute approximate surface area is 322 Å².